The molecule has 0 radical (unpaired) electrons. The van der Waals surface area contributed by atoms with Crippen LogP contribution >= 0.6 is 27.5 Å². The lowest BCUT2D eigenvalue weighted by molar-refractivity contribution is -0.119. The maximum absolute atomic E-state index is 13.4. The zero-order valence-corrected chi connectivity index (χ0v) is 16.7. The van der Waals surface area contributed by atoms with E-state index in [1.54, 1.807) is 38.1 Å². The Balaban J connectivity index is 2.63. The average Bonchev–Trinajstić information content (AvgIpc) is 2.76. The molecule has 0 saturated carbocycles. The van der Waals surface area contributed by atoms with Crippen molar-refractivity contribution in [1.29, 1.82) is 0 Å². The van der Waals surface area contributed by atoms with Crippen molar-refractivity contribution in [2.45, 2.75) is 44.4 Å². The molecule has 1 N–H and O–H groups in total. The van der Waals surface area contributed by atoms with E-state index in [2.05, 4.69) is 26.2 Å². The minimum absolute atomic E-state index is 0.115. The highest BCUT2D eigenvalue weighted by Crippen LogP contribution is 2.35. The van der Waals surface area contributed by atoms with Gasteiger partial charge in [-0.05, 0) is 50.5 Å². The van der Waals surface area contributed by atoms with E-state index < -0.39 is 23.2 Å². The van der Waals surface area contributed by atoms with Crippen LogP contribution in [-0.2, 0) is 10.3 Å². The summed E-state index contributed by atoms with van der Waals surface area (Å²) in [6, 6.07) is 6.72. The van der Waals surface area contributed by atoms with Crippen LogP contribution in [0.3, 0.4) is 0 Å². The largest absolute Gasteiger partial charge is 0.412 e. The number of carbonyl (C=O) groups excluding carboxylic acids is 1. The number of aliphatic imine (C=N–C) groups is 1. The summed E-state index contributed by atoms with van der Waals surface area (Å²) in [7, 11) is 0. The van der Waals surface area contributed by atoms with E-state index in [0.717, 1.165) is 10.5 Å². The molecular weight excluding hydrogens is 433 g/mol. The number of allylic oxidation sites excluding steroid dienone is 1. The number of rotatable bonds is 4. The quantitative estimate of drug-likeness (QED) is 0.634. The molecule has 2 rings (SSSR count). The maximum atomic E-state index is 13.4. The molecule has 0 aromatic heterocycles. The van der Waals surface area contributed by atoms with Gasteiger partial charge in [0.2, 0.25) is 5.91 Å². The number of nitrogens with one attached hydrogen (secondary N) is 1. The Morgan fingerprint density at radius 2 is 2.12 bits per heavy atom. The molecule has 8 heteroatoms. The average molecular weight is 452 g/mol. The fraction of sp³-hybridized carbons (Fsp3) is 0.444. The van der Waals surface area contributed by atoms with E-state index in [-0.39, 0.29) is 30.5 Å². The van der Waals surface area contributed by atoms with Crippen LogP contribution in [0.1, 0.15) is 32.3 Å². The third-order valence-corrected chi connectivity index (χ3v) is 5.03. The molecule has 1 aromatic rings. The van der Waals surface area contributed by atoms with Gasteiger partial charge < -0.3 is 5.32 Å². The van der Waals surface area contributed by atoms with Crippen LogP contribution in [0.25, 0.3) is 0 Å². The van der Waals surface area contributed by atoms with Crippen LogP contribution in [0.15, 0.2) is 45.4 Å². The zero-order valence-electron chi connectivity index (χ0n) is 14.3. The molecule has 0 saturated heterocycles. The highest BCUT2D eigenvalue weighted by Gasteiger charge is 2.39. The van der Waals surface area contributed by atoms with Crippen molar-refractivity contribution >= 4 is 39.1 Å². The molecule has 1 aliphatic heterocycles. The second-order valence-electron chi connectivity index (χ2n) is 6.39. The van der Waals surface area contributed by atoms with Gasteiger partial charge in [0.15, 0.2) is 0 Å². The van der Waals surface area contributed by atoms with Crippen molar-refractivity contribution < 1.29 is 18.0 Å². The van der Waals surface area contributed by atoms with Gasteiger partial charge in [-0.15, -0.1) is 11.6 Å². The molecule has 1 amide bonds. The first-order valence-corrected chi connectivity index (χ1v) is 9.38. The van der Waals surface area contributed by atoms with Gasteiger partial charge in [0, 0.05) is 16.1 Å². The van der Waals surface area contributed by atoms with Gasteiger partial charge in [-0.2, -0.15) is 13.2 Å². The molecule has 0 fully saturated rings. The Bertz CT molecular complexity index is 748. The van der Waals surface area contributed by atoms with Crippen LogP contribution in [0.5, 0.6) is 0 Å². The molecule has 1 heterocycles. The molecule has 2 unspecified atom stereocenters. The van der Waals surface area contributed by atoms with Gasteiger partial charge >= 0.3 is 6.18 Å². The highest BCUT2D eigenvalue weighted by molar-refractivity contribution is 9.10. The smallest absolute Gasteiger partial charge is 0.340 e. The Labute approximate surface area is 163 Å². The van der Waals surface area contributed by atoms with Crippen LogP contribution in [0.4, 0.5) is 13.2 Å². The number of benzene rings is 1. The minimum Gasteiger partial charge on any atom is -0.340 e. The van der Waals surface area contributed by atoms with Gasteiger partial charge in [0.1, 0.15) is 11.4 Å². The fourth-order valence-electron chi connectivity index (χ4n) is 2.83. The van der Waals surface area contributed by atoms with Gasteiger partial charge in [-0.3, -0.25) is 9.79 Å². The summed E-state index contributed by atoms with van der Waals surface area (Å²) < 4.78 is 40.8. The van der Waals surface area contributed by atoms with E-state index in [1.165, 1.54) is 0 Å². The van der Waals surface area contributed by atoms with Gasteiger partial charge in [-0.1, -0.05) is 28.1 Å². The third kappa shape index (κ3) is 4.88. The lowest BCUT2D eigenvalue weighted by Gasteiger charge is -2.32. The summed E-state index contributed by atoms with van der Waals surface area (Å²) in [5.41, 5.74) is -1.13. The van der Waals surface area contributed by atoms with Crippen molar-refractivity contribution in [3.05, 3.63) is 46.0 Å². The molecule has 0 aliphatic carbocycles. The van der Waals surface area contributed by atoms with Crippen LogP contribution in [0.2, 0.25) is 0 Å². The number of hydrogen-bond acceptors (Lipinski definition) is 2. The molecule has 0 spiro atoms. The Morgan fingerprint density at radius 3 is 2.69 bits per heavy atom. The molecule has 1 aliphatic rings. The standard InChI is InChI=1S/C18H19BrClF3N2O/c1-11-6-7-13(18(21,22)23)9-15(24-11)17(2,25-16(26)10-20)12-4-3-5-14(19)8-12/h3-5,8-9,11H,6-7,10H2,1-2H3,(H,25,26). The first kappa shape index (κ1) is 21.0. The second-order valence-corrected chi connectivity index (χ2v) is 7.57. The Hall–Kier alpha value is -1.34. The van der Waals surface area contributed by atoms with Gasteiger partial charge in [0.05, 0.1) is 5.71 Å². The van der Waals surface area contributed by atoms with Crippen molar-refractivity contribution in [3.63, 3.8) is 0 Å². The topological polar surface area (TPSA) is 41.5 Å². The number of halogens is 5. The van der Waals surface area contributed by atoms with Crippen LogP contribution in [-0.4, -0.2) is 29.7 Å². The number of alkyl halides is 4. The lowest BCUT2D eigenvalue weighted by Crippen LogP contribution is -2.50. The van der Waals surface area contributed by atoms with Gasteiger partial charge in [0.25, 0.3) is 0 Å². The zero-order chi connectivity index (χ0) is 19.5. The van der Waals surface area contributed by atoms with Crippen molar-refractivity contribution in [2.75, 3.05) is 5.88 Å². The lowest BCUT2D eigenvalue weighted by atomic mass is 9.85. The molecule has 0 bridgehead atoms. The third-order valence-electron chi connectivity index (χ3n) is 4.29. The minimum atomic E-state index is -4.44. The van der Waals surface area contributed by atoms with E-state index in [9.17, 15) is 18.0 Å². The number of nitrogens with zero attached hydrogens (tertiary/aromatic N) is 1. The summed E-state index contributed by atoms with van der Waals surface area (Å²) in [6.45, 7) is 3.40. The number of amides is 1. The number of carbonyl (C=O) groups is 1. The normalized spacial score (nSPS) is 20.5. The van der Waals surface area contributed by atoms with E-state index in [0.29, 0.717) is 5.56 Å². The highest BCUT2D eigenvalue weighted by atomic mass is 79.9. The van der Waals surface area contributed by atoms with Crippen molar-refractivity contribution in [3.8, 4) is 0 Å². The second kappa shape index (κ2) is 8.13. The SMILES string of the molecule is CC1CCC(C(F)(F)F)=CC(C(C)(NC(=O)CCl)c2cccc(Br)c2)=N1. The first-order chi connectivity index (χ1) is 12.1. The Kier molecular flexibility index (Phi) is 6.55. The predicted molar refractivity (Wildman–Crippen MR) is 101 cm³/mol. The molecule has 1 aromatic carbocycles. The first-order valence-electron chi connectivity index (χ1n) is 8.05. The summed E-state index contributed by atoms with van der Waals surface area (Å²) in [6.07, 6.45) is -3.22. The summed E-state index contributed by atoms with van der Waals surface area (Å²) in [4.78, 5) is 16.5. The van der Waals surface area contributed by atoms with Crippen LogP contribution in [0, 0.1) is 0 Å². The van der Waals surface area contributed by atoms with Crippen molar-refractivity contribution in [1.82, 2.24) is 5.32 Å². The molecule has 2 atom stereocenters. The molecular formula is C18H19BrClF3N2O. The Morgan fingerprint density at radius 1 is 1.42 bits per heavy atom. The van der Waals surface area contributed by atoms with Crippen molar-refractivity contribution in [2.24, 2.45) is 4.99 Å². The monoisotopic (exact) mass is 450 g/mol. The fourth-order valence-corrected chi connectivity index (χ4v) is 3.30. The van der Waals surface area contributed by atoms with Crippen LogP contribution < -0.4 is 5.32 Å². The van der Waals surface area contributed by atoms with E-state index in [1.807, 2.05) is 0 Å². The van der Waals surface area contributed by atoms with E-state index >= 15 is 0 Å². The molecule has 26 heavy (non-hydrogen) atoms. The predicted octanol–water partition coefficient (Wildman–Crippen LogP) is 5.13. The summed E-state index contributed by atoms with van der Waals surface area (Å²) >= 11 is 8.98. The van der Waals surface area contributed by atoms with Gasteiger partial charge in [-0.25, -0.2) is 0 Å². The molecule has 3 nitrogen and oxygen atoms in total. The summed E-state index contributed by atoms with van der Waals surface area (Å²) in [5.74, 6) is -0.793. The molecule has 142 valence electrons. The summed E-state index contributed by atoms with van der Waals surface area (Å²) in [5, 5.41) is 2.74. The maximum Gasteiger partial charge on any atom is 0.412 e. The number of hydrogen-bond donors (Lipinski definition) is 1. The van der Waals surface area contributed by atoms with E-state index in [4.69, 9.17) is 11.6 Å².